The van der Waals surface area contributed by atoms with Crippen molar-refractivity contribution < 1.29 is 0 Å². The van der Waals surface area contributed by atoms with E-state index in [4.69, 9.17) is 0 Å². The predicted octanol–water partition coefficient (Wildman–Crippen LogP) is 8.86. The van der Waals surface area contributed by atoms with Gasteiger partial charge in [-0.1, -0.05) is 179 Å². The fourth-order valence-corrected chi connectivity index (χ4v) is 17.9. The highest BCUT2D eigenvalue weighted by molar-refractivity contribution is 8.00. The number of nitrogens with zero attached hydrogens (tertiary/aromatic N) is 3. The van der Waals surface area contributed by atoms with Crippen LogP contribution in [0.2, 0.25) is 0 Å². The lowest BCUT2D eigenvalue weighted by atomic mass is 9.35. The quantitative estimate of drug-likeness (QED) is 0.142. The van der Waals surface area contributed by atoms with Crippen LogP contribution in [0.4, 0.5) is 0 Å². The molecule has 13 aromatic rings. The lowest BCUT2D eigenvalue weighted by Crippen LogP contribution is -2.58. The van der Waals surface area contributed by atoms with Crippen LogP contribution in [0, 0.1) is 0 Å². The molecule has 0 saturated heterocycles. The molecule has 0 saturated carbocycles. The first kappa shape index (κ1) is 35.9. The zero-order valence-corrected chi connectivity index (χ0v) is 39.1. The van der Waals surface area contributed by atoms with E-state index in [1.807, 2.05) is 35.3 Å². The minimum absolute atomic E-state index is 0.130. The molecule has 0 N–H and O–H groups in total. The zero-order chi connectivity index (χ0) is 44.1. The van der Waals surface area contributed by atoms with Crippen molar-refractivity contribution in [2.45, 2.75) is 29.4 Å². The van der Waals surface area contributed by atoms with E-state index in [1.54, 1.807) is 0 Å². The summed E-state index contributed by atoms with van der Waals surface area (Å²) >= 11 is 5.82. The van der Waals surface area contributed by atoms with Crippen molar-refractivity contribution in [3.63, 3.8) is 0 Å². The molecule has 0 fully saturated rings. The van der Waals surface area contributed by atoms with Crippen molar-refractivity contribution in [1.29, 1.82) is 0 Å². The van der Waals surface area contributed by atoms with Crippen LogP contribution in [0.15, 0.2) is 211 Å². The summed E-state index contributed by atoms with van der Waals surface area (Å²) in [6, 6.07) is 70.4. The predicted molar refractivity (Wildman–Crippen MR) is 295 cm³/mol. The molecule has 0 atom stereocenters. The third-order valence-corrected chi connectivity index (χ3v) is 20.3. The van der Waals surface area contributed by atoms with Crippen molar-refractivity contribution in [3.05, 3.63) is 182 Å². The molecule has 0 spiro atoms. The number of hydrogen-bond acceptors (Lipinski definition) is 3. The molecule has 0 bridgehead atoms. The Labute approximate surface area is 409 Å². The Kier molecular flexibility index (Phi) is 6.33. The molecular formula is C60H30B3N3S3. The lowest BCUT2D eigenvalue weighted by Gasteiger charge is -2.33. The van der Waals surface area contributed by atoms with Gasteiger partial charge in [0.05, 0.1) is 27.6 Å². The second-order valence-corrected chi connectivity index (χ2v) is 22.9. The summed E-state index contributed by atoms with van der Waals surface area (Å²) in [5, 5.41) is 8.04. The molecule has 10 aromatic carbocycles. The second kappa shape index (κ2) is 12.2. The van der Waals surface area contributed by atoms with Gasteiger partial charge in [0, 0.05) is 84.3 Å². The summed E-state index contributed by atoms with van der Waals surface area (Å²) in [6.45, 7) is 0.405. The summed E-state index contributed by atoms with van der Waals surface area (Å²) in [5.74, 6) is 0. The van der Waals surface area contributed by atoms with Crippen molar-refractivity contribution in [1.82, 2.24) is 13.7 Å². The molecule has 3 aromatic heterocycles. The molecule has 312 valence electrons. The summed E-state index contributed by atoms with van der Waals surface area (Å²) in [6.07, 6.45) is 0. The van der Waals surface area contributed by atoms with Crippen LogP contribution in [0.3, 0.4) is 0 Å². The normalized spacial score (nSPS) is 14.7. The third-order valence-electron chi connectivity index (χ3n) is 16.8. The monoisotopic (exact) mass is 921 g/mol. The van der Waals surface area contributed by atoms with Crippen LogP contribution < -0.4 is 49.2 Å². The fourth-order valence-electron chi connectivity index (χ4n) is 14.5. The van der Waals surface area contributed by atoms with E-state index in [0.29, 0.717) is 0 Å². The highest BCUT2D eigenvalue weighted by Gasteiger charge is 2.45. The molecule has 6 aliphatic heterocycles. The van der Waals surface area contributed by atoms with Crippen LogP contribution in [0.5, 0.6) is 0 Å². The topological polar surface area (TPSA) is 14.8 Å². The number of rotatable bonds is 0. The van der Waals surface area contributed by atoms with Crippen molar-refractivity contribution in [3.8, 4) is 17.1 Å². The van der Waals surface area contributed by atoms with Crippen LogP contribution in [0.1, 0.15) is 0 Å². The van der Waals surface area contributed by atoms with E-state index in [-0.39, 0.29) is 20.1 Å². The highest BCUT2D eigenvalue weighted by Crippen LogP contribution is 2.53. The number of aromatic nitrogens is 3. The SMILES string of the molecule is c1ccc2c(c1)Sc1ccc3c4c5c6ccc7c8c6n(c5c5c(c6cccc9c6n5-c5cccc6c5B9c5ccccc5S6)c4n4c3c1B2c1ccccc1-4)-c1ccccc1B8c1ccccc1S7. The van der Waals surface area contributed by atoms with E-state index < -0.39 is 0 Å². The maximum absolute atomic E-state index is 2.74. The highest BCUT2D eigenvalue weighted by atomic mass is 32.2. The van der Waals surface area contributed by atoms with Gasteiger partial charge in [0.1, 0.15) is 0 Å². The van der Waals surface area contributed by atoms with Gasteiger partial charge in [-0.25, -0.2) is 0 Å². The van der Waals surface area contributed by atoms with E-state index in [2.05, 4.69) is 196 Å². The molecule has 0 aliphatic carbocycles. The van der Waals surface area contributed by atoms with Gasteiger partial charge in [0.25, 0.3) is 0 Å². The van der Waals surface area contributed by atoms with Gasteiger partial charge in [-0.2, -0.15) is 0 Å². The third kappa shape index (κ3) is 3.99. The first-order valence-corrected chi connectivity index (χ1v) is 26.5. The van der Waals surface area contributed by atoms with Crippen LogP contribution in [0.25, 0.3) is 82.5 Å². The zero-order valence-electron chi connectivity index (χ0n) is 36.6. The van der Waals surface area contributed by atoms with Gasteiger partial charge in [-0.3, -0.25) is 0 Å². The molecular weight excluding hydrogens is 891 g/mol. The molecule has 0 radical (unpaired) electrons. The average molecular weight is 922 g/mol. The average Bonchev–Trinajstić information content (AvgIpc) is 4.06. The number of hydrogen-bond donors (Lipinski definition) is 0. The number of fused-ring (bicyclic) bond motifs is 26. The number of para-hydroxylation sites is 3. The molecule has 9 heteroatoms. The Morgan fingerprint density at radius 1 is 0.246 bits per heavy atom. The van der Waals surface area contributed by atoms with Crippen LogP contribution in [-0.4, -0.2) is 33.8 Å². The van der Waals surface area contributed by atoms with E-state index in [0.717, 1.165) is 0 Å². The minimum Gasteiger partial charge on any atom is -0.309 e. The Morgan fingerprint density at radius 2 is 0.638 bits per heavy atom. The number of benzene rings is 10. The molecule has 0 amide bonds. The first-order valence-electron chi connectivity index (χ1n) is 24.0. The van der Waals surface area contributed by atoms with E-state index in [1.165, 1.54) is 161 Å². The van der Waals surface area contributed by atoms with Gasteiger partial charge in [-0.05, 0) is 87.4 Å². The summed E-state index contributed by atoms with van der Waals surface area (Å²) in [5.41, 5.74) is 24.5. The van der Waals surface area contributed by atoms with Crippen molar-refractivity contribution in [2.75, 3.05) is 0 Å². The summed E-state index contributed by atoms with van der Waals surface area (Å²) < 4.78 is 8.22. The molecule has 9 heterocycles. The lowest BCUT2D eigenvalue weighted by molar-refractivity contribution is 1.15. The molecule has 69 heavy (non-hydrogen) atoms. The standard InChI is InChI=1S/C60H30B3N3S3/c1-6-20-40-34(14-1)61-36-16-3-8-23-43(36)68-47-29-27-32-49-50-33-28-30-48-54-57(33)65(41-21-7-2-15-35(41)62(54)37-17-4-9-24-44(37)69-48)59(50)60-51(58(49)64(40)56(32)53(47)61)31-13-11-19-39-55(31)66(60)42-22-12-26-46-52(42)63(39)38-18-5-10-25-45(38)67-46/h1-30H. The van der Waals surface area contributed by atoms with Gasteiger partial charge in [-0.15, -0.1) is 0 Å². The maximum atomic E-state index is 2.74. The molecule has 3 nitrogen and oxygen atoms in total. The van der Waals surface area contributed by atoms with Crippen LogP contribution in [-0.2, 0) is 0 Å². The Hall–Kier alpha value is -7.16. The molecule has 6 aliphatic rings. The summed E-state index contributed by atoms with van der Waals surface area (Å²) in [4.78, 5) is 8.14. The Bertz CT molecular complexity index is 4700. The second-order valence-electron chi connectivity index (χ2n) is 19.7. The largest absolute Gasteiger partial charge is 0.309 e. The van der Waals surface area contributed by atoms with Gasteiger partial charge in [0.15, 0.2) is 0 Å². The molecule has 0 unspecified atom stereocenters. The minimum atomic E-state index is 0.130. The van der Waals surface area contributed by atoms with Crippen molar-refractivity contribution in [2.24, 2.45) is 0 Å². The van der Waals surface area contributed by atoms with E-state index in [9.17, 15) is 0 Å². The smallest absolute Gasteiger partial charge is 0.249 e. The van der Waals surface area contributed by atoms with Gasteiger partial charge < -0.3 is 13.7 Å². The van der Waals surface area contributed by atoms with Crippen molar-refractivity contribution >= 4 is 170 Å². The Balaban J connectivity index is 1.11. The maximum Gasteiger partial charge on any atom is 0.249 e. The first-order chi connectivity index (χ1) is 34.3. The molecule has 19 rings (SSSR count). The van der Waals surface area contributed by atoms with Gasteiger partial charge in [0.2, 0.25) is 20.1 Å². The summed E-state index contributed by atoms with van der Waals surface area (Å²) in [7, 11) is 0. The van der Waals surface area contributed by atoms with Crippen LogP contribution >= 0.6 is 35.3 Å². The Morgan fingerprint density at radius 3 is 1.23 bits per heavy atom. The fraction of sp³-hybridized carbons (Fsp3) is 0. The van der Waals surface area contributed by atoms with E-state index >= 15 is 0 Å². The van der Waals surface area contributed by atoms with Gasteiger partial charge >= 0.3 is 0 Å².